The maximum absolute atomic E-state index is 12.8. The van der Waals surface area contributed by atoms with E-state index in [4.69, 9.17) is 23.7 Å². The van der Waals surface area contributed by atoms with Gasteiger partial charge in [-0.25, -0.2) is 4.79 Å². The molecule has 1 heterocycles. The summed E-state index contributed by atoms with van der Waals surface area (Å²) in [5.41, 5.74) is 0.458. The summed E-state index contributed by atoms with van der Waals surface area (Å²) < 4.78 is 28.7. The molecule has 1 aliphatic rings. The zero-order valence-electron chi connectivity index (χ0n) is 18.2. The molecule has 1 fully saturated rings. The number of hydrogen-bond acceptors (Lipinski definition) is 6. The minimum absolute atomic E-state index is 0.248. The molecule has 0 saturated carbocycles. The molecule has 0 unspecified atom stereocenters. The highest BCUT2D eigenvalue weighted by Gasteiger charge is 2.43. The number of rotatable bonds is 10. The van der Waals surface area contributed by atoms with Crippen LogP contribution < -0.4 is 0 Å². The highest BCUT2D eigenvalue weighted by atomic mass is 16.7. The lowest BCUT2D eigenvalue weighted by Crippen LogP contribution is -2.43. The van der Waals surface area contributed by atoms with Crippen LogP contribution in [0.2, 0.25) is 0 Å². The predicted octanol–water partition coefficient (Wildman–Crippen LogP) is 3.88. The van der Waals surface area contributed by atoms with Gasteiger partial charge < -0.3 is 23.7 Å². The van der Waals surface area contributed by atoms with Crippen LogP contribution in [0.5, 0.6) is 0 Å². The molecule has 1 saturated heterocycles. The van der Waals surface area contributed by atoms with Gasteiger partial charge in [0, 0.05) is 5.92 Å². The van der Waals surface area contributed by atoms with Crippen LogP contribution in [0, 0.1) is 5.92 Å². The third-order valence-corrected chi connectivity index (χ3v) is 4.36. The predicted molar refractivity (Wildman–Crippen MR) is 110 cm³/mol. The number of hydrogen-bond donors (Lipinski definition) is 0. The van der Waals surface area contributed by atoms with Crippen molar-refractivity contribution >= 4 is 5.97 Å². The Kier molecular flexibility index (Phi) is 8.40. The average molecular weight is 407 g/mol. The van der Waals surface area contributed by atoms with Gasteiger partial charge in [-0.3, -0.25) is 0 Å². The summed E-state index contributed by atoms with van der Waals surface area (Å²) in [6, 6.07) is 9.89. The first-order chi connectivity index (χ1) is 13.6. The van der Waals surface area contributed by atoms with Crippen molar-refractivity contribution in [2.24, 2.45) is 5.92 Å². The minimum Gasteiger partial charge on any atom is -0.458 e. The Balaban J connectivity index is 1.96. The van der Waals surface area contributed by atoms with E-state index in [1.54, 1.807) is 6.08 Å². The maximum atomic E-state index is 12.8. The number of benzene rings is 1. The van der Waals surface area contributed by atoms with Gasteiger partial charge >= 0.3 is 5.97 Å². The molecule has 0 spiro atoms. The molecule has 0 radical (unpaired) electrons. The van der Waals surface area contributed by atoms with E-state index in [-0.39, 0.29) is 12.7 Å². The summed E-state index contributed by atoms with van der Waals surface area (Å²) >= 11 is 0. The minimum atomic E-state index is -0.852. The van der Waals surface area contributed by atoms with Crippen LogP contribution in [0.3, 0.4) is 0 Å². The van der Waals surface area contributed by atoms with E-state index in [0.29, 0.717) is 19.8 Å². The van der Waals surface area contributed by atoms with Crippen LogP contribution in [-0.4, -0.2) is 49.4 Å². The Labute approximate surface area is 174 Å². The van der Waals surface area contributed by atoms with Gasteiger partial charge in [-0.2, -0.15) is 0 Å². The fourth-order valence-electron chi connectivity index (χ4n) is 3.07. The fourth-order valence-corrected chi connectivity index (χ4v) is 3.07. The van der Waals surface area contributed by atoms with Crippen LogP contribution in [0.1, 0.15) is 40.2 Å². The summed E-state index contributed by atoms with van der Waals surface area (Å²) in [7, 11) is 0. The Morgan fingerprint density at radius 3 is 2.52 bits per heavy atom. The van der Waals surface area contributed by atoms with Gasteiger partial charge in [0.05, 0.1) is 32.5 Å². The van der Waals surface area contributed by atoms with Crippen molar-refractivity contribution < 1.29 is 28.5 Å². The molecule has 3 atom stereocenters. The second-order valence-corrected chi connectivity index (χ2v) is 8.54. The highest BCUT2D eigenvalue weighted by molar-refractivity contribution is 5.76. The lowest BCUT2D eigenvalue weighted by Gasteiger charge is -2.30. The van der Waals surface area contributed by atoms with Crippen molar-refractivity contribution in [3.05, 3.63) is 48.6 Å². The third-order valence-electron chi connectivity index (χ3n) is 4.36. The van der Waals surface area contributed by atoms with Crippen LogP contribution >= 0.6 is 0 Å². The van der Waals surface area contributed by atoms with Gasteiger partial charge in [0.15, 0.2) is 11.9 Å². The Morgan fingerprint density at radius 1 is 1.28 bits per heavy atom. The zero-order chi connectivity index (χ0) is 21.5. The second-order valence-electron chi connectivity index (χ2n) is 8.54. The molecule has 0 amide bonds. The van der Waals surface area contributed by atoms with E-state index >= 15 is 0 Å². The van der Waals surface area contributed by atoms with E-state index in [2.05, 4.69) is 6.58 Å². The van der Waals surface area contributed by atoms with Gasteiger partial charge in [-0.05, 0) is 40.2 Å². The summed E-state index contributed by atoms with van der Waals surface area (Å²) in [5, 5.41) is 0. The van der Waals surface area contributed by atoms with Crippen molar-refractivity contribution in [1.82, 2.24) is 0 Å². The molecule has 2 rings (SSSR count). The fraction of sp³-hybridized carbons (Fsp3) is 0.609. The van der Waals surface area contributed by atoms with E-state index < -0.39 is 29.4 Å². The Bertz CT molecular complexity index is 649. The van der Waals surface area contributed by atoms with Crippen molar-refractivity contribution in [3.8, 4) is 0 Å². The molecule has 162 valence electrons. The molecule has 1 aliphatic heterocycles. The van der Waals surface area contributed by atoms with Crippen LogP contribution in [-0.2, 0) is 35.1 Å². The topological polar surface area (TPSA) is 63.2 Å². The Hall–Kier alpha value is -1.73. The van der Waals surface area contributed by atoms with Crippen molar-refractivity contribution in [3.63, 3.8) is 0 Å². The standard InChI is InChI=1S/C23H34O6/c1-7-18(19-16-27-23(5,6)28-19)20(21(24)29-22(2,3)4)26-14-13-25-15-17-11-9-8-10-12-17/h7-12,18-20H,1,13-16H2,2-6H3/t18-,19+,20-/m1/s1. The monoisotopic (exact) mass is 406 g/mol. The van der Waals surface area contributed by atoms with Gasteiger partial charge in [0.1, 0.15) is 5.60 Å². The molecule has 0 N–H and O–H groups in total. The first-order valence-corrected chi connectivity index (χ1v) is 10.0. The Morgan fingerprint density at radius 2 is 1.97 bits per heavy atom. The maximum Gasteiger partial charge on any atom is 0.336 e. The van der Waals surface area contributed by atoms with Crippen LogP contribution in [0.4, 0.5) is 0 Å². The number of esters is 1. The number of ether oxygens (including phenoxy) is 5. The van der Waals surface area contributed by atoms with E-state index in [9.17, 15) is 4.79 Å². The van der Waals surface area contributed by atoms with E-state index in [1.807, 2.05) is 65.0 Å². The lowest BCUT2D eigenvalue weighted by atomic mass is 9.95. The molecule has 1 aromatic rings. The summed E-state index contributed by atoms with van der Waals surface area (Å²) in [5.74, 6) is -1.55. The molecule has 0 bridgehead atoms. The first-order valence-electron chi connectivity index (χ1n) is 10.0. The summed E-state index contributed by atoms with van der Waals surface area (Å²) in [4.78, 5) is 12.8. The third kappa shape index (κ3) is 7.90. The molecule has 0 aromatic heterocycles. The SMILES string of the molecule is C=C[C@H]([C@@H]1COC(C)(C)O1)[C@@H](OCCOCc1ccccc1)C(=O)OC(C)(C)C. The molecule has 0 aliphatic carbocycles. The van der Waals surface area contributed by atoms with Crippen molar-refractivity contribution in [2.75, 3.05) is 19.8 Å². The average Bonchev–Trinajstić information content (AvgIpc) is 2.99. The van der Waals surface area contributed by atoms with Crippen molar-refractivity contribution in [1.29, 1.82) is 0 Å². The van der Waals surface area contributed by atoms with E-state index in [0.717, 1.165) is 5.56 Å². The molecular weight excluding hydrogens is 372 g/mol. The molecule has 29 heavy (non-hydrogen) atoms. The van der Waals surface area contributed by atoms with Gasteiger partial charge in [-0.1, -0.05) is 36.4 Å². The van der Waals surface area contributed by atoms with E-state index in [1.165, 1.54) is 0 Å². The summed E-state index contributed by atoms with van der Waals surface area (Å²) in [6.45, 7) is 14.5. The molecule has 1 aromatic carbocycles. The van der Waals surface area contributed by atoms with Crippen LogP contribution in [0.15, 0.2) is 43.0 Å². The molecule has 6 nitrogen and oxygen atoms in total. The highest BCUT2D eigenvalue weighted by Crippen LogP contribution is 2.30. The van der Waals surface area contributed by atoms with Gasteiger partial charge in [0.2, 0.25) is 0 Å². The number of carbonyl (C=O) groups is 1. The van der Waals surface area contributed by atoms with Gasteiger partial charge in [0.25, 0.3) is 0 Å². The normalized spacial score (nSPS) is 20.8. The molecular formula is C23H34O6. The first kappa shape index (κ1) is 23.5. The largest absolute Gasteiger partial charge is 0.458 e. The van der Waals surface area contributed by atoms with Crippen LogP contribution in [0.25, 0.3) is 0 Å². The van der Waals surface area contributed by atoms with Gasteiger partial charge in [-0.15, -0.1) is 6.58 Å². The van der Waals surface area contributed by atoms with Crippen molar-refractivity contribution in [2.45, 2.75) is 64.8 Å². The summed E-state index contributed by atoms with van der Waals surface area (Å²) in [6.07, 6.45) is 0.481. The smallest absolute Gasteiger partial charge is 0.336 e. The zero-order valence-corrected chi connectivity index (χ0v) is 18.2. The lowest BCUT2D eigenvalue weighted by molar-refractivity contribution is -0.180. The quantitative estimate of drug-likeness (QED) is 0.334. The second kappa shape index (κ2) is 10.3. The number of carbonyl (C=O) groups excluding carboxylic acids is 1. The molecule has 6 heteroatoms.